The molecule has 0 aromatic heterocycles. The standard InChI is InChI=1S/C10H12N2O5/c11-6-4-2-1-3-5(6)7(13)8(14)10(12,17)9(15)16/h1-4,8,14,17H,11-12H2,(H,15,16). The van der Waals surface area contributed by atoms with E-state index in [4.69, 9.17) is 16.6 Å². The van der Waals surface area contributed by atoms with E-state index in [1.54, 1.807) is 6.07 Å². The second kappa shape index (κ2) is 4.50. The highest BCUT2D eigenvalue weighted by atomic mass is 16.4. The molecule has 7 heteroatoms. The number of nitrogens with two attached hydrogens (primary N) is 2. The van der Waals surface area contributed by atoms with Crippen LogP contribution in [-0.4, -0.2) is 38.9 Å². The van der Waals surface area contributed by atoms with Crippen molar-refractivity contribution in [1.82, 2.24) is 0 Å². The molecule has 0 saturated carbocycles. The number of carboxylic acid groups (broad SMARTS) is 1. The summed E-state index contributed by atoms with van der Waals surface area (Å²) >= 11 is 0. The van der Waals surface area contributed by atoms with E-state index in [1.165, 1.54) is 18.2 Å². The van der Waals surface area contributed by atoms with Gasteiger partial charge in [-0.2, -0.15) is 0 Å². The van der Waals surface area contributed by atoms with Crippen LogP contribution in [-0.2, 0) is 4.79 Å². The molecule has 17 heavy (non-hydrogen) atoms. The van der Waals surface area contributed by atoms with E-state index in [2.05, 4.69) is 0 Å². The maximum Gasteiger partial charge on any atom is 0.354 e. The maximum absolute atomic E-state index is 11.7. The van der Waals surface area contributed by atoms with Crippen LogP contribution in [0.15, 0.2) is 24.3 Å². The zero-order valence-corrected chi connectivity index (χ0v) is 8.70. The van der Waals surface area contributed by atoms with Crippen LogP contribution >= 0.6 is 0 Å². The van der Waals surface area contributed by atoms with Gasteiger partial charge in [-0.25, -0.2) is 4.79 Å². The third kappa shape index (κ3) is 2.41. The summed E-state index contributed by atoms with van der Waals surface area (Å²) in [4.78, 5) is 22.2. The van der Waals surface area contributed by atoms with Crippen molar-refractivity contribution >= 4 is 17.4 Å². The summed E-state index contributed by atoms with van der Waals surface area (Å²) in [5.74, 6) is -2.97. The average molecular weight is 240 g/mol. The number of aliphatic hydroxyl groups is 2. The molecule has 1 aromatic rings. The third-order valence-corrected chi connectivity index (χ3v) is 2.23. The lowest BCUT2D eigenvalue weighted by atomic mass is 9.97. The first-order valence-electron chi connectivity index (χ1n) is 4.60. The van der Waals surface area contributed by atoms with Crippen molar-refractivity contribution in [1.29, 1.82) is 0 Å². The van der Waals surface area contributed by atoms with Crippen LogP contribution in [0.4, 0.5) is 5.69 Å². The Morgan fingerprint density at radius 2 is 1.82 bits per heavy atom. The van der Waals surface area contributed by atoms with Gasteiger partial charge < -0.3 is 21.1 Å². The van der Waals surface area contributed by atoms with E-state index in [-0.39, 0.29) is 11.3 Å². The molecule has 1 rings (SSSR count). The van der Waals surface area contributed by atoms with E-state index in [0.717, 1.165) is 0 Å². The number of nitrogen functional groups attached to an aromatic ring is 1. The highest BCUT2D eigenvalue weighted by Gasteiger charge is 2.44. The van der Waals surface area contributed by atoms with Gasteiger partial charge in [-0.15, -0.1) is 0 Å². The van der Waals surface area contributed by atoms with Gasteiger partial charge in [0.15, 0.2) is 11.9 Å². The largest absolute Gasteiger partial charge is 0.478 e. The summed E-state index contributed by atoms with van der Waals surface area (Å²) in [6.07, 6.45) is -2.30. The summed E-state index contributed by atoms with van der Waals surface area (Å²) in [6.45, 7) is 0. The fourth-order valence-corrected chi connectivity index (χ4v) is 1.19. The lowest BCUT2D eigenvalue weighted by Gasteiger charge is -2.23. The van der Waals surface area contributed by atoms with E-state index in [0.29, 0.717) is 0 Å². The normalized spacial score (nSPS) is 15.9. The number of aliphatic carboxylic acids is 1. The average Bonchev–Trinajstić information content (AvgIpc) is 2.27. The Bertz CT molecular complexity index is 458. The number of rotatable bonds is 4. The molecule has 0 aliphatic heterocycles. The van der Waals surface area contributed by atoms with E-state index in [9.17, 15) is 19.8 Å². The molecule has 0 saturated heterocycles. The van der Waals surface area contributed by atoms with Gasteiger partial charge in [0.2, 0.25) is 5.72 Å². The van der Waals surface area contributed by atoms with Gasteiger partial charge in [0, 0.05) is 11.3 Å². The molecule has 0 heterocycles. The van der Waals surface area contributed by atoms with Crippen molar-refractivity contribution in [2.75, 3.05) is 5.73 Å². The van der Waals surface area contributed by atoms with Crippen molar-refractivity contribution in [2.45, 2.75) is 11.8 Å². The molecule has 0 aliphatic carbocycles. The first kappa shape index (κ1) is 13.1. The number of ketones is 1. The monoisotopic (exact) mass is 240 g/mol. The number of benzene rings is 1. The highest BCUT2D eigenvalue weighted by Crippen LogP contribution is 2.16. The topological polar surface area (TPSA) is 147 Å². The van der Waals surface area contributed by atoms with Gasteiger partial charge in [0.1, 0.15) is 0 Å². The van der Waals surface area contributed by atoms with Crippen LogP contribution in [0.25, 0.3) is 0 Å². The number of anilines is 1. The van der Waals surface area contributed by atoms with Crippen molar-refractivity contribution in [3.05, 3.63) is 29.8 Å². The second-order valence-electron chi connectivity index (χ2n) is 3.48. The number of hydrogen-bond acceptors (Lipinski definition) is 6. The number of hydrogen-bond donors (Lipinski definition) is 5. The molecule has 0 aliphatic rings. The van der Waals surface area contributed by atoms with Crippen molar-refractivity contribution in [3.8, 4) is 0 Å². The zero-order chi connectivity index (χ0) is 13.2. The summed E-state index contributed by atoms with van der Waals surface area (Å²) in [7, 11) is 0. The van der Waals surface area contributed by atoms with Crippen LogP contribution in [0.3, 0.4) is 0 Å². The predicted octanol–water partition coefficient (Wildman–Crippen LogP) is -1.46. The Balaban J connectivity index is 3.07. The van der Waals surface area contributed by atoms with Crippen LogP contribution in [0.1, 0.15) is 10.4 Å². The molecule has 7 nitrogen and oxygen atoms in total. The molecule has 2 atom stereocenters. The first-order chi connectivity index (χ1) is 7.78. The summed E-state index contributed by atoms with van der Waals surface area (Å²) in [6, 6.07) is 5.73. The molecular weight excluding hydrogens is 228 g/mol. The van der Waals surface area contributed by atoms with E-state index >= 15 is 0 Å². The molecule has 1 aromatic carbocycles. The molecule has 0 fully saturated rings. The van der Waals surface area contributed by atoms with Crippen molar-refractivity contribution in [2.24, 2.45) is 5.73 Å². The maximum atomic E-state index is 11.7. The number of aliphatic hydroxyl groups excluding tert-OH is 1. The minimum atomic E-state index is -3.06. The van der Waals surface area contributed by atoms with E-state index < -0.39 is 23.6 Å². The Kier molecular flexibility index (Phi) is 3.47. The van der Waals surface area contributed by atoms with Crippen LogP contribution in [0.5, 0.6) is 0 Å². The Hall–Kier alpha value is -1.96. The lowest BCUT2D eigenvalue weighted by Crippen LogP contribution is -2.60. The fraction of sp³-hybridized carbons (Fsp3) is 0.200. The Labute approximate surface area is 96.3 Å². The van der Waals surface area contributed by atoms with Crippen LogP contribution < -0.4 is 11.5 Å². The highest BCUT2D eigenvalue weighted by molar-refractivity contribution is 6.06. The molecule has 7 N–H and O–H groups in total. The Morgan fingerprint density at radius 3 is 2.29 bits per heavy atom. The molecule has 2 unspecified atom stereocenters. The summed E-state index contributed by atoms with van der Waals surface area (Å²) in [5.41, 5.74) is 7.30. The molecule has 0 amide bonds. The second-order valence-corrected chi connectivity index (χ2v) is 3.48. The number of Topliss-reactive ketones (excluding diaryl/α,β-unsaturated/α-hetero) is 1. The van der Waals surface area contributed by atoms with Gasteiger partial charge in [0.25, 0.3) is 0 Å². The van der Waals surface area contributed by atoms with Gasteiger partial charge >= 0.3 is 5.97 Å². The quantitative estimate of drug-likeness (QED) is 0.245. The lowest BCUT2D eigenvalue weighted by molar-refractivity contribution is -0.167. The minimum Gasteiger partial charge on any atom is -0.478 e. The summed E-state index contributed by atoms with van der Waals surface area (Å²) in [5, 5.41) is 27.2. The Morgan fingerprint density at radius 1 is 1.29 bits per heavy atom. The first-order valence-corrected chi connectivity index (χ1v) is 4.60. The number of para-hydroxylation sites is 1. The van der Waals surface area contributed by atoms with Crippen molar-refractivity contribution in [3.63, 3.8) is 0 Å². The minimum absolute atomic E-state index is 0.0535. The van der Waals surface area contributed by atoms with Gasteiger partial charge in [-0.1, -0.05) is 12.1 Å². The van der Waals surface area contributed by atoms with Gasteiger partial charge in [-0.05, 0) is 12.1 Å². The van der Waals surface area contributed by atoms with Crippen molar-refractivity contribution < 1.29 is 24.9 Å². The SMILES string of the molecule is Nc1ccccc1C(=O)C(O)C(N)(O)C(=O)O. The van der Waals surface area contributed by atoms with Crippen LogP contribution in [0, 0.1) is 0 Å². The summed E-state index contributed by atoms with van der Waals surface area (Å²) < 4.78 is 0. The third-order valence-electron chi connectivity index (χ3n) is 2.23. The molecule has 0 bridgehead atoms. The zero-order valence-electron chi connectivity index (χ0n) is 8.70. The van der Waals surface area contributed by atoms with Crippen LogP contribution in [0.2, 0.25) is 0 Å². The molecular formula is C10H12N2O5. The smallest absolute Gasteiger partial charge is 0.354 e. The number of carbonyl (C=O) groups is 2. The van der Waals surface area contributed by atoms with Gasteiger partial charge in [0.05, 0.1) is 0 Å². The van der Waals surface area contributed by atoms with Gasteiger partial charge in [-0.3, -0.25) is 10.5 Å². The number of carbonyl (C=O) groups excluding carboxylic acids is 1. The van der Waals surface area contributed by atoms with E-state index in [1.807, 2.05) is 0 Å². The number of carboxylic acids is 1. The predicted molar refractivity (Wildman–Crippen MR) is 58.0 cm³/mol. The molecule has 0 spiro atoms. The fourth-order valence-electron chi connectivity index (χ4n) is 1.19. The molecule has 0 radical (unpaired) electrons. The molecule has 92 valence electrons.